The quantitative estimate of drug-likeness (QED) is 0.691. The lowest BCUT2D eigenvalue weighted by Crippen LogP contribution is -2.34. The molecule has 0 bridgehead atoms. The van der Waals surface area contributed by atoms with Gasteiger partial charge in [0.05, 0.1) is 0 Å². The Bertz CT molecular complexity index is 820. The number of aromatic nitrogens is 3. The Labute approximate surface area is 171 Å². The number of hydrogen-bond acceptors (Lipinski definition) is 5. The maximum absolute atomic E-state index is 12.0. The molecular weight excluding hydrogens is 370 g/mol. The molecule has 0 unspecified atom stereocenters. The molecule has 0 radical (unpaired) electrons. The number of thioether (sulfide) groups is 1. The zero-order chi connectivity index (χ0) is 19.7. The predicted octanol–water partition coefficient (Wildman–Crippen LogP) is 3.84. The van der Waals surface area contributed by atoms with Crippen LogP contribution in [0.5, 0.6) is 0 Å². The van der Waals surface area contributed by atoms with Gasteiger partial charge < -0.3 is 9.80 Å². The maximum Gasteiger partial charge on any atom is 0.253 e. The third-order valence-electron chi connectivity index (χ3n) is 5.60. The average Bonchev–Trinajstić information content (AvgIpc) is 3.46. The first kappa shape index (κ1) is 19.3. The van der Waals surface area contributed by atoms with E-state index in [0.717, 1.165) is 41.4 Å². The normalized spacial score (nSPS) is 17.8. The lowest BCUT2D eigenvalue weighted by molar-refractivity contribution is 0.0827. The maximum atomic E-state index is 12.0. The second kappa shape index (κ2) is 8.15. The van der Waals surface area contributed by atoms with Gasteiger partial charge in [-0.1, -0.05) is 30.8 Å². The van der Waals surface area contributed by atoms with Crippen LogP contribution in [-0.4, -0.2) is 52.8 Å². The molecule has 7 heteroatoms. The van der Waals surface area contributed by atoms with Gasteiger partial charge in [0.25, 0.3) is 5.91 Å². The molecule has 150 valence electrons. The highest BCUT2D eigenvalue weighted by atomic mass is 32.2. The van der Waals surface area contributed by atoms with E-state index in [4.69, 9.17) is 0 Å². The highest BCUT2D eigenvalue weighted by Gasteiger charge is 2.32. The monoisotopic (exact) mass is 399 g/mol. The van der Waals surface area contributed by atoms with E-state index >= 15 is 0 Å². The fourth-order valence-corrected chi connectivity index (χ4v) is 4.55. The third-order valence-corrected chi connectivity index (χ3v) is 6.61. The van der Waals surface area contributed by atoms with E-state index in [0.29, 0.717) is 6.04 Å². The predicted molar refractivity (Wildman–Crippen MR) is 113 cm³/mol. The summed E-state index contributed by atoms with van der Waals surface area (Å²) in [6.07, 6.45) is 4.92. The number of amides is 1. The molecule has 1 aliphatic heterocycles. The number of hydrogen-bond donors (Lipinski definition) is 0. The molecule has 2 fully saturated rings. The van der Waals surface area contributed by atoms with E-state index in [2.05, 4.69) is 26.6 Å². The molecule has 1 amide bonds. The van der Waals surface area contributed by atoms with Crippen LogP contribution in [0.25, 0.3) is 0 Å². The summed E-state index contributed by atoms with van der Waals surface area (Å²) in [7, 11) is 3.55. The molecule has 1 saturated heterocycles. The zero-order valence-electron chi connectivity index (χ0n) is 17.0. The summed E-state index contributed by atoms with van der Waals surface area (Å²) in [5, 5.41) is 10.1. The van der Waals surface area contributed by atoms with E-state index in [9.17, 15) is 4.79 Å². The molecule has 2 aromatic rings. The Morgan fingerprint density at radius 3 is 2.39 bits per heavy atom. The Hall–Kier alpha value is -2.02. The summed E-state index contributed by atoms with van der Waals surface area (Å²) < 4.78 is 2.37. The van der Waals surface area contributed by atoms with Crippen molar-refractivity contribution in [1.82, 2.24) is 19.7 Å². The average molecular weight is 400 g/mol. The summed E-state index contributed by atoms with van der Waals surface area (Å²) in [5.41, 5.74) is 1.92. The molecule has 4 rings (SSSR count). The Balaban J connectivity index is 1.44. The van der Waals surface area contributed by atoms with Gasteiger partial charge in [-0.25, -0.2) is 0 Å². The molecule has 0 spiro atoms. The van der Waals surface area contributed by atoms with Crippen molar-refractivity contribution in [2.75, 3.05) is 32.1 Å². The summed E-state index contributed by atoms with van der Waals surface area (Å²) in [4.78, 5) is 16.0. The summed E-state index contributed by atoms with van der Waals surface area (Å²) in [5.74, 6) is 2.74. The number of piperidine rings is 1. The van der Waals surface area contributed by atoms with Gasteiger partial charge in [0.15, 0.2) is 5.16 Å². The first-order chi connectivity index (χ1) is 13.5. The van der Waals surface area contributed by atoms with Crippen LogP contribution >= 0.6 is 11.8 Å². The molecular formula is C21H29N5OS. The highest BCUT2D eigenvalue weighted by Crippen LogP contribution is 2.41. The van der Waals surface area contributed by atoms with Crippen molar-refractivity contribution in [3.8, 4) is 0 Å². The van der Waals surface area contributed by atoms with E-state index < -0.39 is 0 Å². The molecule has 1 aliphatic carbocycles. The van der Waals surface area contributed by atoms with E-state index in [1.54, 1.807) is 30.8 Å². The molecule has 2 heterocycles. The summed E-state index contributed by atoms with van der Waals surface area (Å²) >= 11 is 1.74. The number of carbonyl (C=O) groups excluding carboxylic acids is 1. The SMILES string of the molecule is CC1CCN(c2nnc(SCc3ccc(C(=O)N(C)C)cc3)n2C2CC2)CC1. The number of anilines is 1. The smallest absolute Gasteiger partial charge is 0.253 e. The van der Waals surface area contributed by atoms with Crippen molar-refractivity contribution >= 4 is 23.6 Å². The van der Waals surface area contributed by atoms with Crippen LogP contribution in [0, 0.1) is 5.92 Å². The molecule has 1 aromatic carbocycles. The molecule has 1 aromatic heterocycles. The minimum Gasteiger partial charge on any atom is -0.345 e. The fraction of sp³-hybridized carbons (Fsp3) is 0.571. The lowest BCUT2D eigenvalue weighted by Gasteiger charge is -2.31. The summed E-state index contributed by atoms with van der Waals surface area (Å²) in [6, 6.07) is 8.45. The number of rotatable bonds is 6. The molecule has 0 N–H and O–H groups in total. The van der Waals surface area contributed by atoms with Crippen LogP contribution in [0.15, 0.2) is 29.4 Å². The Morgan fingerprint density at radius 2 is 1.79 bits per heavy atom. The van der Waals surface area contributed by atoms with Gasteiger partial charge >= 0.3 is 0 Å². The van der Waals surface area contributed by atoms with Gasteiger partial charge in [-0.3, -0.25) is 9.36 Å². The van der Waals surface area contributed by atoms with Gasteiger partial charge in [0.1, 0.15) is 0 Å². The molecule has 28 heavy (non-hydrogen) atoms. The van der Waals surface area contributed by atoms with Crippen molar-refractivity contribution in [2.45, 2.75) is 49.6 Å². The van der Waals surface area contributed by atoms with Gasteiger partial charge in [-0.15, -0.1) is 10.2 Å². The van der Waals surface area contributed by atoms with Crippen LogP contribution in [0.2, 0.25) is 0 Å². The number of benzene rings is 1. The van der Waals surface area contributed by atoms with Crippen molar-refractivity contribution in [2.24, 2.45) is 5.92 Å². The van der Waals surface area contributed by atoms with Crippen LogP contribution in [0.3, 0.4) is 0 Å². The molecule has 6 nitrogen and oxygen atoms in total. The van der Waals surface area contributed by atoms with Crippen molar-refractivity contribution in [3.63, 3.8) is 0 Å². The van der Waals surface area contributed by atoms with Gasteiger partial charge in [0, 0.05) is 44.5 Å². The minimum atomic E-state index is 0.0353. The fourth-order valence-electron chi connectivity index (χ4n) is 3.59. The second-order valence-electron chi connectivity index (χ2n) is 8.24. The van der Waals surface area contributed by atoms with E-state index in [-0.39, 0.29) is 5.91 Å². The van der Waals surface area contributed by atoms with Crippen LogP contribution in [0.4, 0.5) is 5.95 Å². The van der Waals surface area contributed by atoms with E-state index in [1.807, 2.05) is 24.3 Å². The number of nitrogens with zero attached hydrogens (tertiary/aromatic N) is 5. The van der Waals surface area contributed by atoms with Gasteiger partial charge in [-0.05, 0) is 49.3 Å². The third kappa shape index (κ3) is 4.19. The first-order valence-corrected chi connectivity index (χ1v) is 11.1. The zero-order valence-corrected chi connectivity index (χ0v) is 17.8. The molecule has 1 saturated carbocycles. The van der Waals surface area contributed by atoms with Gasteiger partial charge in [0.2, 0.25) is 5.95 Å². The lowest BCUT2D eigenvalue weighted by atomic mass is 10.00. The van der Waals surface area contributed by atoms with Crippen LogP contribution in [-0.2, 0) is 5.75 Å². The largest absolute Gasteiger partial charge is 0.345 e. The Morgan fingerprint density at radius 1 is 1.11 bits per heavy atom. The number of carbonyl (C=O) groups is 1. The van der Waals surface area contributed by atoms with Crippen molar-refractivity contribution in [1.29, 1.82) is 0 Å². The first-order valence-electron chi connectivity index (χ1n) is 10.2. The second-order valence-corrected chi connectivity index (χ2v) is 9.18. The van der Waals surface area contributed by atoms with E-state index in [1.165, 1.54) is 31.2 Å². The standard InChI is InChI=1S/C21H29N5OS/c1-15-10-12-25(13-11-15)20-22-23-21(26(20)18-8-9-18)28-14-16-4-6-17(7-5-16)19(27)24(2)3/h4-7,15,18H,8-14H2,1-3H3. The van der Waals surface area contributed by atoms with Crippen LogP contribution in [0.1, 0.15) is 54.6 Å². The molecule has 0 atom stereocenters. The van der Waals surface area contributed by atoms with Crippen LogP contribution < -0.4 is 4.90 Å². The van der Waals surface area contributed by atoms with Crippen molar-refractivity contribution in [3.05, 3.63) is 35.4 Å². The minimum absolute atomic E-state index is 0.0353. The molecule has 2 aliphatic rings. The van der Waals surface area contributed by atoms with Crippen molar-refractivity contribution < 1.29 is 4.79 Å². The highest BCUT2D eigenvalue weighted by molar-refractivity contribution is 7.98. The Kier molecular flexibility index (Phi) is 5.62. The van der Waals surface area contributed by atoms with Gasteiger partial charge in [-0.2, -0.15) is 0 Å². The topological polar surface area (TPSA) is 54.3 Å². The summed E-state index contributed by atoms with van der Waals surface area (Å²) in [6.45, 7) is 4.50.